The van der Waals surface area contributed by atoms with Crippen LogP contribution in [0.2, 0.25) is 0 Å². The van der Waals surface area contributed by atoms with Crippen molar-refractivity contribution in [3.8, 4) is 5.75 Å². The van der Waals surface area contributed by atoms with Crippen LogP contribution in [0.1, 0.15) is 37.7 Å². The molecule has 1 aliphatic heterocycles. The zero-order valence-corrected chi connectivity index (χ0v) is 12.0. The van der Waals surface area contributed by atoms with E-state index in [1.807, 2.05) is 6.07 Å². The smallest absolute Gasteiger partial charge is 0.120 e. The van der Waals surface area contributed by atoms with E-state index in [9.17, 15) is 0 Å². The van der Waals surface area contributed by atoms with Crippen LogP contribution >= 0.6 is 0 Å². The first-order chi connectivity index (χ1) is 9.33. The van der Waals surface area contributed by atoms with Gasteiger partial charge in [-0.25, -0.2) is 0 Å². The second-order valence-corrected chi connectivity index (χ2v) is 5.31. The summed E-state index contributed by atoms with van der Waals surface area (Å²) >= 11 is 0. The first-order valence-electron chi connectivity index (χ1n) is 7.39. The molecule has 19 heavy (non-hydrogen) atoms. The molecule has 1 unspecified atom stereocenters. The molecule has 2 rings (SSSR count). The van der Waals surface area contributed by atoms with Crippen LogP contribution in [0, 0.1) is 0 Å². The maximum atomic E-state index is 5.63. The van der Waals surface area contributed by atoms with Crippen LogP contribution in [0.4, 0.5) is 0 Å². The zero-order valence-electron chi connectivity index (χ0n) is 12.0. The summed E-state index contributed by atoms with van der Waals surface area (Å²) in [5.41, 5.74) is 1.42. The summed E-state index contributed by atoms with van der Waals surface area (Å²) in [7, 11) is 0. The van der Waals surface area contributed by atoms with E-state index in [1.165, 1.54) is 44.5 Å². The fourth-order valence-corrected chi connectivity index (χ4v) is 2.86. The molecule has 0 N–H and O–H groups in total. The van der Waals surface area contributed by atoms with E-state index in [0.29, 0.717) is 12.5 Å². The van der Waals surface area contributed by atoms with Crippen molar-refractivity contribution < 1.29 is 4.74 Å². The average Bonchev–Trinajstić information content (AvgIpc) is 2.46. The molecule has 0 bridgehead atoms. The molecule has 0 radical (unpaired) electrons. The van der Waals surface area contributed by atoms with Crippen molar-refractivity contribution in [2.75, 3.05) is 26.2 Å². The molecule has 1 saturated heterocycles. The average molecular weight is 259 g/mol. The van der Waals surface area contributed by atoms with Crippen molar-refractivity contribution >= 4 is 0 Å². The lowest BCUT2D eigenvalue weighted by Gasteiger charge is -2.32. The number of likely N-dealkylation sites (tertiary alicyclic amines) is 1. The van der Waals surface area contributed by atoms with E-state index in [1.54, 1.807) is 6.08 Å². The van der Waals surface area contributed by atoms with E-state index in [0.717, 1.165) is 5.75 Å². The summed E-state index contributed by atoms with van der Waals surface area (Å²) < 4.78 is 5.63. The van der Waals surface area contributed by atoms with Gasteiger partial charge in [0.25, 0.3) is 0 Å². The molecular weight excluding hydrogens is 234 g/mol. The van der Waals surface area contributed by atoms with Gasteiger partial charge in [-0.2, -0.15) is 0 Å². The number of piperidine rings is 1. The Morgan fingerprint density at radius 1 is 1.47 bits per heavy atom. The largest absolute Gasteiger partial charge is 0.490 e. The molecule has 1 aliphatic rings. The minimum atomic E-state index is 0.579. The monoisotopic (exact) mass is 259 g/mol. The molecule has 0 spiro atoms. The van der Waals surface area contributed by atoms with Crippen molar-refractivity contribution in [2.45, 2.75) is 32.1 Å². The molecule has 1 heterocycles. The second-order valence-electron chi connectivity index (χ2n) is 5.31. The minimum Gasteiger partial charge on any atom is -0.490 e. The molecule has 2 heteroatoms. The number of hydrogen-bond acceptors (Lipinski definition) is 2. The van der Waals surface area contributed by atoms with Crippen LogP contribution in [0.15, 0.2) is 36.9 Å². The minimum absolute atomic E-state index is 0.579. The van der Waals surface area contributed by atoms with Crippen LogP contribution in [0.25, 0.3) is 0 Å². The van der Waals surface area contributed by atoms with E-state index < -0.39 is 0 Å². The molecule has 1 aromatic rings. The lowest BCUT2D eigenvalue weighted by atomic mass is 9.90. The first-order valence-corrected chi connectivity index (χ1v) is 7.39. The highest BCUT2D eigenvalue weighted by atomic mass is 16.5. The molecule has 0 saturated carbocycles. The van der Waals surface area contributed by atoms with Gasteiger partial charge in [0.05, 0.1) is 0 Å². The third kappa shape index (κ3) is 4.10. The van der Waals surface area contributed by atoms with Gasteiger partial charge in [0.2, 0.25) is 0 Å². The molecular formula is C17H25NO. The first kappa shape index (κ1) is 14.1. The number of rotatable bonds is 6. The lowest BCUT2D eigenvalue weighted by molar-refractivity contribution is 0.208. The van der Waals surface area contributed by atoms with E-state index >= 15 is 0 Å². The molecule has 0 aliphatic carbocycles. The Bertz CT molecular complexity index is 400. The number of hydrogen-bond donors (Lipinski definition) is 0. The molecule has 1 fully saturated rings. The topological polar surface area (TPSA) is 12.5 Å². The maximum absolute atomic E-state index is 5.63. The van der Waals surface area contributed by atoms with Gasteiger partial charge in [-0.3, -0.25) is 0 Å². The van der Waals surface area contributed by atoms with Crippen molar-refractivity contribution in [3.63, 3.8) is 0 Å². The van der Waals surface area contributed by atoms with Gasteiger partial charge < -0.3 is 9.64 Å². The second kappa shape index (κ2) is 7.34. The summed E-state index contributed by atoms with van der Waals surface area (Å²) in [5.74, 6) is 1.62. The van der Waals surface area contributed by atoms with E-state index in [4.69, 9.17) is 4.74 Å². The Hall–Kier alpha value is -1.28. The zero-order chi connectivity index (χ0) is 13.5. The molecule has 104 valence electrons. The highest BCUT2D eigenvalue weighted by molar-refractivity contribution is 5.31. The van der Waals surface area contributed by atoms with Crippen molar-refractivity contribution in [1.29, 1.82) is 0 Å². The summed E-state index contributed by atoms with van der Waals surface area (Å²) in [4.78, 5) is 2.59. The fourth-order valence-electron chi connectivity index (χ4n) is 2.86. The molecule has 2 nitrogen and oxygen atoms in total. The number of nitrogens with zero attached hydrogens (tertiary/aromatic N) is 1. The third-order valence-electron chi connectivity index (χ3n) is 3.74. The Balaban J connectivity index is 2.01. The Labute approximate surface area is 117 Å². The van der Waals surface area contributed by atoms with Crippen molar-refractivity contribution in [1.82, 2.24) is 4.90 Å². The Kier molecular flexibility index (Phi) is 5.46. The highest BCUT2D eigenvalue weighted by Gasteiger charge is 2.20. The van der Waals surface area contributed by atoms with Gasteiger partial charge in [0, 0.05) is 6.54 Å². The number of ether oxygens (including phenoxy) is 1. The predicted octanol–water partition coefficient (Wildman–Crippen LogP) is 3.84. The summed E-state index contributed by atoms with van der Waals surface area (Å²) in [6, 6.07) is 8.57. The van der Waals surface area contributed by atoms with Crippen molar-refractivity contribution in [2.24, 2.45) is 0 Å². The number of benzene rings is 1. The van der Waals surface area contributed by atoms with Gasteiger partial charge in [0.1, 0.15) is 12.4 Å². The van der Waals surface area contributed by atoms with Crippen LogP contribution in [0.3, 0.4) is 0 Å². The molecule has 0 amide bonds. The maximum Gasteiger partial charge on any atom is 0.120 e. The third-order valence-corrected chi connectivity index (χ3v) is 3.74. The molecule has 1 atom stereocenters. The summed E-state index contributed by atoms with van der Waals surface area (Å²) in [6.45, 7) is 10.2. The summed E-state index contributed by atoms with van der Waals surface area (Å²) in [6.07, 6.45) is 5.64. The van der Waals surface area contributed by atoms with Gasteiger partial charge in [-0.05, 0) is 56.0 Å². The van der Waals surface area contributed by atoms with E-state index in [2.05, 4.69) is 36.6 Å². The normalized spacial score (nSPS) is 20.2. The fraction of sp³-hybridized carbons (Fsp3) is 0.529. The van der Waals surface area contributed by atoms with Crippen LogP contribution in [-0.2, 0) is 0 Å². The van der Waals surface area contributed by atoms with Gasteiger partial charge in [-0.15, -0.1) is 0 Å². The molecule has 0 aromatic heterocycles. The van der Waals surface area contributed by atoms with Crippen LogP contribution in [0.5, 0.6) is 5.75 Å². The predicted molar refractivity (Wildman–Crippen MR) is 80.8 cm³/mol. The molecule has 1 aromatic carbocycles. The van der Waals surface area contributed by atoms with Crippen molar-refractivity contribution in [3.05, 3.63) is 42.5 Å². The van der Waals surface area contributed by atoms with Gasteiger partial charge in [0.15, 0.2) is 0 Å². The summed E-state index contributed by atoms with van der Waals surface area (Å²) in [5, 5.41) is 0. The lowest BCUT2D eigenvalue weighted by Crippen LogP contribution is -2.34. The van der Waals surface area contributed by atoms with Crippen LogP contribution < -0.4 is 4.74 Å². The Morgan fingerprint density at radius 2 is 2.37 bits per heavy atom. The SMILES string of the molecule is C=CCOc1cccc(C2CCCN(CCC)C2)c1. The van der Waals surface area contributed by atoms with Gasteiger partial charge >= 0.3 is 0 Å². The van der Waals surface area contributed by atoms with Crippen LogP contribution in [-0.4, -0.2) is 31.1 Å². The highest BCUT2D eigenvalue weighted by Crippen LogP contribution is 2.29. The Morgan fingerprint density at radius 3 is 3.16 bits per heavy atom. The quantitative estimate of drug-likeness (QED) is 0.720. The van der Waals surface area contributed by atoms with E-state index in [-0.39, 0.29) is 0 Å². The van der Waals surface area contributed by atoms with Gasteiger partial charge in [-0.1, -0.05) is 31.7 Å². The standard InChI is InChI=1S/C17H25NO/c1-3-10-18-11-6-8-16(14-18)15-7-5-9-17(13-15)19-12-4-2/h4-5,7,9,13,16H,2-3,6,8,10-12,14H2,1H3.